The average molecular weight is 237 g/mol. The van der Waals surface area contributed by atoms with Crippen molar-refractivity contribution in [3.05, 3.63) is 24.0 Å². The largest absolute Gasteiger partial charge is 0.482 e. The summed E-state index contributed by atoms with van der Waals surface area (Å²) in [5.74, 6) is 0.455. The normalized spacial score (nSPS) is 11.9. The van der Waals surface area contributed by atoms with Crippen LogP contribution in [0.15, 0.2) is 18.3 Å². The fourth-order valence-electron chi connectivity index (χ4n) is 1.34. The number of pyridine rings is 1. The van der Waals surface area contributed by atoms with Crippen molar-refractivity contribution >= 4 is 5.91 Å². The van der Waals surface area contributed by atoms with Crippen LogP contribution in [0, 0.1) is 0 Å². The molecule has 1 amide bonds. The molecule has 0 saturated carbocycles. The third kappa shape index (κ3) is 5.31. The summed E-state index contributed by atoms with van der Waals surface area (Å²) in [5.41, 5.74) is 6.59. The summed E-state index contributed by atoms with van der Waals surface area (Å²) in [4.78, 5) is 15.4. The monoisotopic (exact) mass is 237 g/mol. The molecule has 1 atom stereocenters. The van der Waals surface area contributed by atoms with Crippen molar-refractivity contribution in [3.63, 3.8) is 0 Å². The molecule has 5 nitrogen and oxygen atoms in total. The third-order valence-electron chi connectivity index (χ3n) is 2.07. The fraction of sp³-hybridized carbons (Fsp3) is 0.500. The van der Waals surface area contributed by atoms with Gasteiger partial charge in [-0.25, -0.2) is 0 Å². The van der Waals surface area contributed by atoms with Gasteiger partial charge in [-0.3, -0.25) is 9.78 Å². The quantitative estimate of drug-likeness (QED) is 0.754. The van der Waals surface area contributed by atoms with Crippen LogP contribution in [0.5, 0.6) is 5.75 Å². The molecule has 0 spiro atoms. The van der Waals surface area contributed by atoms with E-state index in [0.29, 0.717) is 12.3 Å². The number of hydrogen-bond donors (Lipinski definition) is 2. The van der Waals surface area contributed by atoms with Crippen LogP contribution in [-0.2, 0) is 11.2 Å². The second kappa shape index (κ2) is 6.85. The van der Waals surface area contributed by atoms with Crippen molar-refractivity contribution in [1.29, 1.82) is 0 Å². The zero-order valence-corrected chi connectivity index (χ0v) is 10.3. The number of carbonyl (C=O) groups is 1. The lowest BCUT2D eigenvalue weighted by molar-refractivity contribution is -0.122. The highest BCUT2D eigenvalue weighted by Crippen LogP contribution is 2.09. The number of likely N-dealkylation sites (N-methyl/N-ethyl adjacent to an activating group) is 1. The van der Waals surface area contributed by atoms with Crippen LogP contribution in [0.2, 0.25) is 0 Å². The number of nitrogens with one attached hydrogen (secondary N) is 1. The molecule has 0 radical (unpaired) electrons. The molecule has 0 saturated heterocycles. The fourth-order valence-corrected chi connectivity index (χ4v) is 1.34. The van der Waals surface area contributed by atoms with Crippen LogP contribution in [0.4, 0.5) is 0 Å². The van der Waals surface area contributed by atoms with Crippen LogP contribution in [-0.4, -0.2) is 30.1 Å². The van der Waals surface area contributed by atoms with Crippen LogP contribution >= 0.6 is 0 Å². The predicted molar refractivity (Wildman–Crippen MR) is 65.8 cm³/mol. The third-order valence-corrected chi connectivity index (χ3v) is 2.07. The summed E-state index contributed by atoms with van der Waals surface area (Å²) in [5, 5.41) is 2.65. The second-order valence-corrected chi connectivity index (χ2v) is 3.91. The van der Waals surface area contributed by atoms with E-state index >= 15 is 0 Å². The Balaban J connectivity index is 2.42. The van der Waals surface area contributed by atoms with E-state index in [1.807, 2.05) is 19.9 Å². The van der Waals surface area contributed by atoms with Gasteiger partial charge in [0, 0.05) is 24.7 Å². The van der Waals surface area contributed by atoms with E-state index in [-0.39, 0.29) is 18.6 Å². The van der Waals surface area contributed by atoms with Crippen molar-refractivity contribution in [2.24, 2.45) is 5.73 Å². The first-order valence-corrected chi connectivity index (χ1v) is 5.71. The van der Waals surface area contributed by atoms with Gasteiger partial charge in [0.1, 0.15) is 5.75 Å². The van der Waals surface area contributed by atoms with E-state index in [1.165, 1.54) is 0 Å². The number of nitrogens with two attached hydrogens (primary N) is 1. The minimum absolute atomic E-state index is 0.0160. The molecule has 1 aromatic rings. The average Bonchev–Trinajstić information content (AvgIpc) is 2.28. The molecule has 17 heavy (non-hydrogen) atoms. The van der Waals surface area contributed by atoms with Gasteiger partial charge >= 0.3 is 0 Å². The van der Waals surface area contributed by atoms with Gasteiger partial charge in [-0.1, -0.05) is 0 Å². The van der Waals surface area contributed by atoms with Crippen LogP contribution in [0.1, 0.15) is 19.5 Å². The van der Waals surface area contributed by atoms with Crippen molar-refractivity contribution in [2.75, 3.05) is 13.2 Å². The van der Waals surface area contributed by atoms with Crippen molar-refractivity contribution in [3.8, 4) is 5.75 Å². The van der Waals surface area contributed by atoms with E-state index in [0.717, 1.165) is 12.1 Å². The molecule has 1 aromatic heterocycles. The smallest absolute Gasteiger partial charge is 0.257 e. The molecule has 0 aromatic carbocycles. The van der Waals surface area contributed by atoms with Crippen molar-refractivity contribution in [2.45, 2.75) is 26.3 Å². The zero-order chi connectivity index (χ0) is 12.7. The Hall–Kier alpha value is -1.62. The Morgan fingerprint density at radius 1 is 1.59 bits per heavy atom. The predicted octanol–water partition coefficient (Wildman–Crippen LogP) is 0.486. The molecule has 0 fully saturated rings. The maximum atomic E-state index is 11.2. The Labute approximate surface area is 101 Å². The summed E-state index contributed by atoms with van der Waals surface area (Å²) < 4.78 is 5.27. The van der Waals surface area contributed by atoms with Gasteiger partial charge in [0.05, 0.1) is 6.20 Å². The van der Waals surface area contributed by atoms with E-state index in [4.69, 9.17) is 10.5 Å². The molecular weight excluding hydrogens is 218 g/mol. The number of nitrogens with zero attached hydrogens (tertiary/aromatic N) is 1. The maximum Gasteiger partial charge on any atom is 0.257 e. The highest BCUT2D eigenvalue weighted by molar-refractivity contribution is 5.77. The second-order valence-electron chi connectivity index (χ2n) is 3.91. The van der Waals surface area contributed by atoms with Crippen molar-refractivity contribution in [1.82, 2.24) is 10.3 Å². The number of hydrogen-bond acceptors (Lipinski definition) is 4. The molecule has 0 aliphatic carbocycles. The van der Waals surface area contributed by atoms with Gasteiger partial charge < -0.3 is 15.8 Å². The summed E-state index contributed by atoms with van der Waals surface area (Å²) in [6.07, 6.45) is 2.34. The Morgan fingerprint density at radius 2 is 2.35 bits per heavy atom. The summed E-state index contributed by atoms with van der Waals surface area (Å²) in [6, 6.07) is 3.74. The minimum Gasteiger partial charge on any atom is -0.482 e. The number of amides is 1. The van der Waals surface area contributed by atoms with Crippen LogP contribution in [0.3, 0.4) is 0 Å². The minimum atomic E-state index is -0.132. The summed E-state index contributed by atoms with van der Waals surface area (Å²) in [6.45, 7) is 4.42. The van der Waals surface area contributed by atoms with E-state index in [2.05, 4.69) is 10.3 Å². The van der Waals surface area contributed by atoms with Crippen molar-refractivity contribution < 1.29 is 9.53 Å². The molecule has 1 unspecified atom stereocenters. The number of ether oxygens (including phenoxy) is 1. The first-order chi connectivity index (χ1) is 8.11. The highest BCUT2D eigenvalue weighted by Gasteiger charge is 2.03. The first-order valence-electron chi connectivity index (χ1n) is 5.71. The van der Waals surface area contributed by atoms with Gasteiger partial charge in [0.25, 0.3) is 5.91 Å². The van der Waals surface area contributed by atoms with Gasteiger partial charge in [-0.15, -0.1) is 0 Å². The molecule has 3 N–H and O–H groups in total. The van der Waals surface area contributed by atoms with E-state index < -0.39 is 0 Å². The standard InChI is InChI=1S/C12H19N3O2/c1-3-14-12(16)8-17-11-5-4-10(15-7-11)6-9(2)13/h4-5,7,9H,3,6,8,13H2,1-2H3,(H,14,16). The van der Waals surface area contributed by atoms with Gasteiger partial charge in [0.2, 0.25) is 0 Å². The molecular formula is C12H19N3O2. The first kappa shape index (κ1) is 13.4. The molecule has 1 rings (SSSR count). The lowest BCUT2D eigenvalue weighted by Gasteiger charge is -2.07. The Morgan fingerprint density at radius 3 is 2.88 bits per heavy atom. The van der Waals surface area contributed by atoms with E-state index in [1.54, 1.807) is 12.3 Å². The van der Waals surface area contributed by atoms with Crippen LogP contribution in [0.25, 0.3) is 0 Å². The number of rotatable bonds is 6. The van der Waals surface area contributed by atoms with Gasteiger partial charge in [-0.2, -0.15) is 0 Å². The maximum absolute atomic E-state index is 11.2. The van der Waals surface area contributed by atoms with Gasteiger partial charge in [0.15, 0.2) is 6.61 Å². The SMILES string of the molecule is CCNC(=O)COc1ccc(CC(C)N)nc1. The number of aromatic nitrogens is 1. The lowest BCUT2D eigenvalue weighted by atomic mass is 10.2. The molecule has 0 bridgehead atoms. The molecule has 5 heteroatoms. The molecule has 0 aliphatic heterocycles. The summed E-state index contributed by atoms with van der Waals surface area (Å²) in [7, 11) is 0. The molecule has 0 aliphatic rings. The molecule has 1 heterocycles. The molecule has 94 valence electrons. The topological polar surface area (TPSA) is 77.2 Å². The van der Waals surface area contributed by atoms with Gasteiger partial charge in [-0.05, 0) is 26.0 Å². The van der Waals surface area contributed by atoms with E-state index in [9.17, 15) is 4.79 Å². The lowest BCUT2D eigenvalue weighted by Crippen LogP contribution is -2.28. The Kier molecular flexibility index (Phi) is 5.42. The number of carbonyl (C=O) groups excluding carboxylic acids is 1. The summed E-state index contributed by atoms with van der Waals surface area (Å²) >= 11 is 0. The van der Waals surface area contributed by atoms with Crippen LogP contribution < -0.4 is 15.8 Å². The zero-order valence-electron chi connectivity index (χ0n) is 10.3. The highest BCUT2D eigenvalue weighted by atomic mass is 16.5. The Bertz CT molecular complexity index is 349.